The van der Waals surface area contributed by atoms with Gasteiger partial charge in [-0.25, -0.2) is 4.98 Å². The lowest BCUT2D eigenvalue weighted by atomic mass is 10.1. The monoisotopic (exact) mass is 326 g/mol. The van der Waals surface area contributed by atoms with Gasteiger partial charge in [-0.05, 0) is 30.4 Å². The van der Waals surface area contributed by atoms with Crippen molar-refractivity contribution in [1.82, 2.24) is 25.4 Å². The quantitative estimate of drug-likeness (QED) is 0.554. The number of nitrogens with zero attached hydrogens (tertiary/aromatic N) is 4. The molecule has 0 radical (unpaired) electrons. The van der Waals surface area contributed by atoms with Gasteiger partial charge in [-0.1, -0.05) is 43.0 Å². The molecule has 23 heavy (non-hydrogen) atoms. The molecule has 0 fully saturated rings. The van der Waals surface area contributed by atoms with Crippen LogP contribution in [0.2, 0.25) is 0 Å². The van der Waals surface area contributed by atoms with Gasteiger partial charge in [0.1, 0.15) is 0 Å². The first-order chi connectivity index (χ1) is 11.3. The molecular formula is C16H18N6S. The summed E-state index contributed by atoms with van der Waals surface area (Å²) in [6, 6.07) is 8.94. The average Bonchev–Trinajstić information content (AvgIpc) is 3.18. The van der Waals surface area contributed by atoms with Crippen LogP contribution in [0.4, 0.5) is 5.82 Å². The molecule has 1 aliphatic carbocycles. The van der Waals surface area contributed by atoms with Gasteiger partial charge in [-0.3, -0.25) is 0 Å². The van der Waals surface area contributed by atoms with E-state index in [9.17, 15) is 0 Å². The Bertz CT molecular complexity index is 805. The van der Waals surface area contributed by atoms with E-state index in [1.807, 2.05) is 0 Å². The van der Waals surface area contributed by atoms with Crippen LogP contribution in [0.15, 0.2) is 29.4 Å². The Kier molecular flexibility index (Phi) is 3.87. The van der Waals surface area contributed by atoms with Gasteiger partial charge in [-0.2, -0.15) is 15.3 Å². The minimum atomic E-state index is 0.339. The van der Waals surface area contributed by atoms with E-state index in [2.05, 4.69) is 61.9 Å². The van der Waals surface area contributed by atoms with Crippen LogP contribution in [0.1, 0.15) is 24.5 Å². The molecule has 0 saturated heterocycles. The summed E-state index contributed by atoms with van der Waals surface area (Å²) in [6.07, 6.45) is 3.11. The van der Waals surface area contributed by atoms with Gasteiger partial charge in [0.15, 0.2) is 16.5 Å². The van der Waals surface area contributed by atoms with E-state index >= 15 is 0 Å². The van der Waals surface area contributed by atoms with Gasteiger partial charge >= 0.3 is 0 Å². The lowest BCUT2D eigenvalue weighted by molar-refractivity contribution is 0.765. The van der Waals surface area contributed by atoms with Crippen molar-refractivity contribution in [2.75, 3.05) is 11.1 Å². The van der Waals surface area contributed by atoms with Gasteiger partial charge in [0.05, 0.1) is 0 Å². The molecule has 2 aromatic heterocycles. The predicted molar refractivity (Wildman–Crippen MR) is 91.8 cm³/mol. The zero-order valence-electron chi connectivity index (χ0n) is 12.9. The summed E-state index contributed by atoms with van der Waals surface area (Å²) in [5, 5.41) is 15.3. The Morgan fingerprint density at radius 3 is 2.70 bits per heavy atom. The lowest BCUT2D eigenvalue weighted by Crippen LogP contribution is -2.20. The fraction of sp³-hybridized carbons (Fsp3) is 0.375. The zero-order chi connectivity index (χ0) is 15.6. The number of fused-ring (bicyclic) bond motifs is 2. The van der Waals surface area contributed by atoms with E-state index in [0.717, 1.165) is 36.0 Å². The second-order valence-electron chi connectivity index (χ2n) is 5.72. The van der Waals surface area contributed by atoms with Gasteiger partial charge in [-0.15, -0.1) is 5.10 Å². The molecule has 0 saturated carbocycles. The van der Waals surface area contributed by atoms with Crippen LogP contribution in [0.5, 0.6) is 0 Å². The van der Waals surface area contributed by atoms with Crippen LogP contribution < -0.4 is 5.32 Å². The fourth-order valence-electron chi connectivity index (χ4n) is 2.94. The Morgan fingerprint density at radius 1 is 1.17 bits per heavy atom. The zero-order valence-corrected chi connectivity index (χ0v) is 13.7. The third-order valence-corrected chi connectivity index (χ3v) is 5.04. The van der Waals surface area contributed by atoms with Crippen LogP contribution in [-0.4, -0.2) is 37.2 Å². The number of anilines is 1. The SMILES string of the molecule is CCCSc1nc(NC2Cc3ccccc3C2)c2n[nH]nc2n1. The third kappa shape index (κ3) is 2.88. The van der Waals surface area contributed by atoms with Crippen molar-refractivity contribution in [3.05, 3.63) is 35.4 Å². The van der Waals surface area contributed by atoms with Crippen LogP contribution in [0.25, 0.3) is 11.2 Å². The second kappa shape index (κ2) is 6.16. The number of aromatic nitrogens is 5. The molecule has 1 aliphatic rings. The molecule has 0 amide bonds. The van der Waals surface area contributed by atoms with Crippen LogP contribution in [0, 0.1) is 0 Å². The molecule has 2 heterocycles. The number of hydrogen-bond acceptors (Lipinski definition) is 6. The standard InChI is InChI=1S/C16H18N6S/c1-2-7-23-16-18-14(13-15(19-16)21-22-20-13)17-12-8-10-5-3-4-6-11(10)9-12/h3-6,12H,2,7-9H2,1H3,(H2,17,18,19,20,21,22). The maximum absolute atomic E-state index is 4.66. The first kappa shape index (κ1) is 14.4. The van der Waals surface area contributed by atoms with Crippen molar-refractivity contribution in [3.8, 4) is 0 Å². The summed E-state index contributed by atoms with van der Waals surface area (Å²) in [5.74, 6) is 1.78. The number of nitrogens with one attached hydrogen (secondary N) is 2. The van der Waals surface area contributed by atoms with Gasteiger partial charge in [0.2, 0.25) is 5.65 Å². The van der Waals surface area contributed by atoms with Gasteiger partial charge in [0, 0.05) is 11.8 Å². The number of rotatable bonds is 5. The largest absolute Gasteiger partial charge is 0.365 e. The maximum atomic E-state index is 4.66. The van der Waals surface area contributed by atoms with E-state index < -0.39 is 0 Å². The molecule has 7 heteroatoms. The summed E-state index contributed by atoms with van der Waals surface area (Å²) >= 11 is 1.65. The van der Waals surface area contributed by atoms with Crippen molar-refractivity contribution in [1.29, 1.82) is 0 Å². The number of benzene rings is 1. The molecule has 0 unspecified atom stereocenters. The molecule has 4 rings (SSSR count). The normalized spacial score (nSPS) is 14.3. The van der Waals surface area contributed by atoms with Crippen molar-refractivity contribution in [2.24, 2.45) is 0 Å². The van der Waals surface area contributed by atoms with Crippen molar-refractivity contribution >= 4 is 28.7 Å². The Hall–Kier alpha value is -2.15. The minimum absolute atomic E-state index is 0.339. The van der Waals surface area contributed by atoms with Gasteiger partial charge < -0.3 is 5.32 Å². The highest BCUT2D eigenvalue weighted by Crippen LogP contribution is 2.27. The molecule has 0 spiro atoms. The molecule has 0 aliphatic heterocycles. The van der Waals surface area contributed by atoms with Gasteiger partial charge in [0.25, 0.3) is 0 Å². The highest BCUT2D eigenvalue weighted by Gasteiger charge is 2.23. The highest BCUT2D eigenvalue weighted by atomic mass is 32.2. The average molecular weight is 326 g/mol. The van der Waals surface area contributed by atoms with Crippen LogP contribution in [-0.2, 0) is 12.8 Å². The van der Waals surface area contributed by atoms with E-state index in [-0.39, 0.29) is 0 Å². The van der Waals surface area contributed by atoms with E-state index in [1.54, 1.807) is 11.8 Å². The third-order valence-electron chi connectivity index (χ3n) is 3.99. The van der Waals surface area contributed by atoms with Crippen LogP contribution in [0.3, 0.4) is 0 Å². The summed E-state index contributed by atoms with van der Waals surface area (Å²) < 4.78 is 0. The minimum Gasteiger partial charge on any atom is -0.365 e. The number of thioether (sulfide) groups is 1. The van der Waals surface area contributed by atoms with E-state index in [1.165, 1.54) is 11.1 Å². The van der Waals surface area contributed by atoms with Crippen molar-refractivity contribution in [2.45, 2.75) is 37.4 Å². The first-order valence-corrected chi connectivity index (χ1v) is 8.86. The molecule has 0 bridgehead atoms. The molecule has 6 nitrogen and oxygen atoms in total. The van der Waals surface area contributed by atoms with Crippen LogP contribution >= 0.6 is 11.8 Å². The number of H-pyrrole nitrogens is 1. The molecule has 0 atom stereocenters. The number of aromatic amines is 1. The predicted octanol–water partition coefficient (Wildman–Crippen LogP) is 2.83. The molecule has 3 aromatic rings. The Balaban J connectivity index is 1.60. The number of hydrogen-bond donors (Lipinski definition) is 2. The highest BCUT2D eigenvalue weighted by molar-refractivity contribution is 7.99. The first-order valence-electron chi connectivity index (χ1n) is 7.88. The van der Waals surface area contributed by atoms with E-state index in [0.29, 0.717) is 17.2 Å². The molecule has 1 aromatic carbocycles. The van der Waals surface area contributed by atoms with E-state index in [4.69, 9.17) is 0 Å². The summed E-state index contributed by atoms with van der Waals surface area (Å²) in [4.78, 5) is 9.11. The topological polar surface area (TPSA) is 79.4 Å². The molecule has 2 N–H and O–H groups in total. The maximum Gasteiger partial charge on any atom is 0.207 e. The lowest BCUT2D eigenvalue weighted by Gasteiger charge is -2.13. The summed E-state index contributed by atoms with van der Waals surface area (Å²) in [7, 11) is 0. The summed E-state index contributed by atoms with van der Waals surface area (Å²) in [6.45, 7) is 2.15. The molecule has 118 valence electrons. The fourth-order valence-corrected chi connectivity index (χ4v) is 3.63. The van der Waals surface area contributed by atoms with Crippen molar-refractivity contribution in [3.63, 3.8) is 0 Å². The Morgan fingerprint density at radius 2 is 1.96 bits per heavy atom. The second-order valence-corrected chi connectivity index (χ2v) is 6.78. The van der Waals surface area contributed by atoms with Crippen molar-refractivity contribution < 1.29 is 0 Å². The molecular weight excluding hydrogens is 308 g/mol. The Labute approximate surface area is 138 Å². The smallest absolute Gasteiger partial charge is 0.207 e. The summed E-state index contributed by atoms with van der Waals surface area (Å²) in [5.41, 5.74) is 4.16.